The van der Waals surface area contributed by atoms with Crippen LogP contribution in [0.2, 0.25) is 0 Å². The standard InChI is InChI=1S/C21H20O6S/c1-14(22)26-19-12-17(27-21(24)16-10-6-3-7-11-16)18(28-19)13-25-20(23)15-8-4-2-5-9-15/h2-11,17-19H,12-13H2,1H3/t17-,18-,19?/m1/s1. The van der Waals surface area contributed by atoms with Crippen LogP contribution in [0.1, 0.15) is 34.1 Å². The summed E-state index contributed by atoms with van der Waals surface area (Å²) in [5.74, 6) is -1.33. The van der Waals surface area contributed by atoms with Gasteiger partial charge < -0.3 is 14.2 Å². The van der Waals surface area contributed by atoms with Crippen molar-refractivity contribution in [3.63, 3.8) is 0 Å². The van der Waals surface area contributed by atoms with E-state index in [2.05, 4.69) is 0 Å². The molecule has 3 rings (SSSR count). The fraction of sp³-hybridized carbons (Fsp3) is 0.286. The van der Waals surface area contributed by atoms with Gasteiger partial charge in [0, 0.05) is 13.3 Å². The number of rotatable bonds is 6. The first-order valence-corrected chi connectivity index (χ1v) is 9.78. The maximum absolute atomic E-state index is 12.4. The van der Waals surface area contributed by atoms with E-state index >= 15 is 0 Å². The number of hydrogen-bond acceptors (Lipinski definition) is 7. The molecule has 0 amide bonds. The van der Waals surface area contributed by atoms with Crippen molar-refractivity contribution in [1.29, 1.82) is 0 Å². The van der Waals surface area contributed by atoms with Crippen LogP contribution < -0.4 is 0 Å². The van der Waals surface area contributed by atoms with E-state index in [1.165, 1.54) is 18.7 Å². The lowest BCUT2D eigenvalue weighted by molar-refractivity contribution is -0.142. The Kier molecular flexibility index (Phi) is 6.71. The molecule has 1 heterocycles. The summed E-state index contributed by atoms with van der Waals surface area (Å²) < 4.78 is 16.3. The molecule has 0 aliphatic carbocycles. The third kappa shape index (κ3) is 5.36. The minimum absolute atomic E-state index is 0.0445. The van der Waals surface area contributed by atoms with Crippen LogP contribution in [0, 0.1) is 0 Å². The van der Waals surface area contributed by atoms with Gasteiger partial charge in [0.15, 0.2) is 5.44 Å². The predicted molar refractivity (Wildman–Crippen MR) is 104 cm³/mol. The highest BCUT2D eigenvalue weighted by molar-refractivity contribution is 8.00. The minimum atomic E-state index is -0.536. The predicted octanol–water partition coefficient (Wildman–Crippen LogP) is 3.46. The number of benzene rings is 2. The molecule has 28 heavy (non-hydrogen) atoms. The first-order valence-electron chi connectivity index (χ1n) is 8.84. The van der Waals surface area contributed by atoms with E-state index < -0.39 is 29.4 Å². The number of ether oxygens (including phenoxy) is 3. The van der Waals surface area contributed by atoms with Crippen LogP contribution in [0.15, 0.2) is 60.7 Å². The lowest BCUT2D eigenvalue weighted by atomic mass is 10.2. The van der Waals surface area contributed by atoms with Crippen LogP contribution in [0.4, 0.5) is 0 Å². The number of esters is 3. The molecule has 2 aromatic rings. The van der Waals surface area contributed by atoms with Gasteiger partial charge >= 0.3 is 17.9 Å². The third-order valence-corrected chi connectivity index (χ3v) is 5.50. The van der Waals surface area contributed by atoms with Gasteiger partial charge in [-0.1, -0.05) is 36.4 Å². The van der Waals surface area contributed by atoms with Crippen molar-refractivity contribution in [3.8, 4) is 0 Å². The van der Waals surface area contributed by atoms with Gasteiger partial charge in [-0.15, -0.1) is 11.8 Å². The molecule has 1 saturated heterocycles. The third-order valence-electron chi connectivity index (χ3n) is 4.12. The Balaban J connectivity index is 1.64. The normalized spacial score (nSPS) is 21.0. The quantitative estimate of drug-likeness (QED) is 0.543. The topological polar surface area (TPSA) is 78.9 Å². The van der Waals surface area contributed by atoms with Crippen LogP contribution in [0.5, 0.6) is 0 Å². The van der Waals surface area contributed by atoms with Crippen LogP contribution in [-0.4, -0.2) is 41.3 Å². The molecule has 1 unspecified atom stereocenters. The first kappa shape index (κ1) is 19.9. The Morgan fingerprint density at radius 3 is 2.04 bits per heavy atom. The summed E-state index contributed by atoms with van der Waals surface area (Å²) in [4.78, 5) is 35.9. The molecule has 1 aliphatic heterocycles. The highest BCUT2D eigenvalue weighted by atomic mass is 32.2. The van der Waals surface area contributed by atoms with Crippen molar-refractivity contribution < 1.29 is 28.6 Å². The fourth-order valence-electron chi connectivity index (χ4n) is 2.81. The average molecular weight is 400 g/mol. The van der Waals surface area contributed by atoms with E-state index in [1.54, 1.807) is 48.5 Å². The zero-order valence-corrected chi connectivity index (χ0v) is 16.1. The van der Waals surface area contributed by atoms with Gasteiger partial charge in [-0.3, -0.25) is 4.79 Å². The van der Waals surface area contributed by atoms with E-state index in [0.717, 1.165) is 0 Å². The molecule has 146 valence electrons. The average Bonchev–Trinajstić information content (AvgIpc) is 3.07. The molecule has 0 radical (unpaired) electrons. The summed E-state index contributed by atoms with van der Waals surface area (Å²) in [5.41, 5.74) is 0.426. The van der Waals surface area contributed by atoms with Crippen molar-refractivity contribution in [2.24, 2.45) is 0 Å². The summed E-state index contributed by atoms with van der Waals surface area (Å²) in [6.45, 7) is 1.37. The smallest absolute Gasteiger partial charge is 0.338 e. The van der Waals surface area contributed by atoms with Gasteiger partial charge in [0.25, 0.3) is 0 Å². The monoisotopic (exact) mass is 400 g/mol. The summed E-state index contributed by atoms with van der Waals surface area (Å²) >= 11 is 1.32. The summed E-state index contributed by atoms with van der Waals surface area (Å²) in [6.07, 6.45) is -0.193. The Hall–Kier alpha value is -2.80. The summed E-state index contributed by atoms with van der Waals surface area (Å²) in [6, 6.07) is 17.3. The SMILES string of the molecule is CC(=O)OC1C[C@@H](OC(=O)c2ccccc2)[C@@H](COC(=O)c2ccccc2)S1. The molecule has 1 aliphatic rings. The molecule has 3 atom stereocenters. The van der Waals surface area contributed by atoms with Crippen molar-refractivity contribution in [2.45, 2.75) is 30.1 Å². The molecule has 2 aromatic carbocycles. The van der Waals surface area contributed by atoms with E-state index in [-0.39, 0.29) is 11.9 Å². The molecular formula is C21H20O6S. The second-order valence-electron chi connectivity index (χ2n) is 6.22. The van der Waals surface area contributed by atoms with Crippen molar-refractivity contribution >= 4 is 29.7 Å². The number of thioether (sulfide) groups is 1. The molecule has 6 nitrogen and oxygen atoms in total. The molecule has 0 spiro atoms. The molecule has 0 bridgehead atoms. The second kappa shape index (κ2) is 9.41. The van der Waals surface area contributed by atoms with Crippen molar-refractivity contribution in [1.82, 2.24) is 0 Å². The molecular weight excluding hydrogens is 380 g/mol. The van der Waals surface area contributed by atoms with Crippen LogP contribution in [0.3, 0.4) is 0 Å². The van der Waals surface area contributed by atoms with Gasteiger partial charge in [-0.2, -0.15) is 0 Å². The van der Waals surface area contributed by atoms with Crippen molar-refractivity contribution in [2.75, 3.05) is 6.61 Å². The molecule has 0 N–H and O–H groups in total. The Morgan fingerprint density at radius 1 is 0.893 bits per heavy atom. The number of carbonyl (C=O) groups is 3. The highest BCUT2D eigenvalue weighted by Crippen LogP contribution is 2.37. The van der Waals surface area contributed by atoms with Gasteiger partial charge in [0.2, 0.25) is 0 Å². The van der Waals surface area contributed by atoms with Gasteiger partial charge in [-0.05, 0) is 24.3 Å². The lowest BCUT2D eigenvalue weighted by Gasteiger charge is -2.18. The van der Waals surface area contributed by atoms with Crippen LogP contribution >= 0.6 is 11.8 Å². The summed E-state index contributed by atoms with van der Waals surface area (Å²) in [5, 5.41) is -0.329. The Labute approximate surface area is 167 Å². The van der Waals surface area contributed by atoms with Crippen molar-refractivity contribution in [3.05, 3.63) is 71.8 Å². The maximum atomic E-state index is 12.4. The first-order chi connectivity index (χ1) is 13.5. The largest absolute Gasteiger partial charge is 0.461 e. The number of carbonyl (C=O) groups excluding carboxylic acids is 3. The van der Waals surface area contributed by atoms with E-state index in [9.17, 15) is 14.4 Å². The Bertz CT molecular complexity index is 823. The van der Waals surface area contributed by atoms with E-state index in [1.807, 2.05) is 12.1 Å². The zero-order valence-electron chi connectivity index (χ0n) is 15.3. The fourth-order valence-corrected chi connectivity index (χ4v) is 4.18. The van der Waals surface area contributed by atoms with Gasteiger partial charge in [0.1, 0.15) is 12.7 Å². The van der Waals surface area contributed by atoms with Crippen LogP contribution in [0.25, 0.3) is 0 Å². The minimum Gasteiger partial charge on any atom is -0.461 e. The maximum Gasteiger partial charge on any atom is 0.338 e. The molecule has 0 aromatic heterocycles. The van der Waals surface area contributed by atoms with E-state index in [4.69, 9.17) is 14.2 Å². The Morgan fingerprint density at radius 2 is 1.46 bits per heavy atom. The second-order valence-corrected chi connectivity index (χ2v) is 7.63. The highest BCUT2D eigenvalue weighted by Gasteiger charge is 2.40. The summed E-state index contributed by atoms with van der Waals surface area (Å²) in [7, 11) is 0. The lowest BCUT2D eigenvalue weighted by Crippen LogP contribution is -2.29. The van der Waals surface area contributed by atoms with Gasteiger partial charge in [0.05, 0.1) is 16.4 Å². The molecule has 1 fully saturated rings. The zero-order chi connectivity index (χ0) is 19.9. The molecule has 7 heteroatoms. The molecule has 0 saturated carbocycles. The van der Waals surface area contributed by atoms with Gasteiger partial charge in [-0.25, -0.2) is 9.59 Å². The van der Waals surface area contributed by atoms with E-state index in [0.29, 0.717) is 17.5 Å². The number of hydrogen-bond donors (Lipinski definition) is 0. The van der Waals surface area contributed by atoms with Crippen LogP contribution in [-0.2, 0) is 19.0 Å².